The van der Waals surface area contributed by atoms with Crippen molar-refractivity contribution in [2.45, 2.75) is 38.0 Å². The maximum Gasteiger partial charge on any atom is 0.214 e. The molecule has 2 N–H and O–H groups in total. The van der Waals surface area contributed by atoms with Gasteiger partial charge in [0, 0.05) is 12.1 Å². The number of sulfonamides is 1. The first-order valence-corrected chi connectivity index (χ1v) is 10.1. The van der Waals surface area contributed by atoms with Crippen LogP contribution in [0.25, 0.3) is 11.1 Å². The number of hydrogen-bond donors (Lipinski definition) is 2. The molecule has 144 valence electrons. The topological polar surface area (TPSA) is 90.2 Å². The predicted molar refractivity (Wildman–Crippen MR) is 103 cm³/mol. The molecule has 0 aromatic heterocycles. The van der Waals surface area contributed by atoms with Crippen molar-refractivity contribution < 1.29 is 17.9 Å². The van der Waals surface area contributed by atoms with Crippen LogP contribution in [-0.4, -0.2) is 25.3 Å². The zero-order chi connectivity index (χ0) is 20.2. The minimum atomic E-state index is -3.48. The summed E-state index contributed by atoms with van der Waals surface area (Å²) in [5.74, 6) is -0.437. The standard InChI is InChI=1S/C20H23FN2O3S/c1-14(2)27(25,26)23-13-20(3,24)18-8-6-15(7-9-18)17-5-4-16(10-11-22)19(21)12-17/h4-9,12,14,23-24H,10,13H2,1-3H3. The highest BCUT2D eigenvalue weighted by atomic mass is 32.2. The van der Waals surface area contributed by atoms with Crippen LogP contribution in [0, 0.1) is 17.1 Å². The zero-order valence-electron chi connectivity index (χ0n) is 15.5. The van der Waals surface area contributed by atoms with Gasteiger partial charge in [-0.05, 0) is 43.5 Å². The second kappa shape index (κ2) is 8.17. The van der Waals surface area contributed by atoms with Gasteiger partial charge in [0.1, 0.15) is 11.4 Å². The van der Waals surface area contributed by atoms with E-state index in [9.17, 15) is 17.9 Å². The number of hydrogen-bond acceptors (Lipinski definition) is 4. The second-order valence-electron chi connectivity index (χ2n) is 6.91. The highest BCUT2D eigenvalue weighted by Crippen LogP contribution is 2.26. The molecular formula is C20H23FN2O3S. The second-order valence-corrected chi connectivity index (χ2v) is 9.23. The van der Waals surface area contributed by atoms with Crippen molar-refractivity contribution in [3.63, 3.8) is 0 Å². The lowest BCUT2D eigenvalue weighted by molar-refractivity contribution is 0.0627. The highest BCUT2D eigenvalue weighted by Gasteiger charge is 2.26. The summed E-state index contributed by atoms with van der Waals surface area (Å²) in [5, 5.41) is 18.7. The molecule has 1 unspecified atom stereocenters. The van der Waals surface area contributed by atoms with Crippen molar-refractivity contribution in [1.29, 1.82) is 5.26 Å². The van der Waals surface area contributed by atoms with Gasteiger partial charge < -0.3 is 5.11 Å². The van der Waals surface area contributed by atoms with E-state index < -0.39 is 26.7 Å². The third kappa shape index (κ3) is 5.13. The van der Waals surface area contributed by atoms with Crippen LogP contribution in [-0.2, 0) is 22.0 Å². The summed E-state index contributed by atoms with van der Waals surface area (Å²) in [5.41, 5.74) is 0.903. The Labute approximate surface area is 159 Å². The molecule has 27 heavy (non-hydrogen) atoms. The third-order valence-electron chi connectivity index (χ3n) is 4.40. The smallest absolute Gasteiger partial charge is 0.214 e. The Morgan fingerprint density at radius 3 is 2.30 bits per heavy atom. The molecule has 0 amide bonds. The lowest BCUT2D eigenvalue weighted by atomic mass is 9.93. The van der Waals surface area contributed by atoms with Crippen molar-refractivity contribution in [2.75, 3.05) is 6.54 Å². The number of rotatable bonds is 7. The molecule has 0 spiro atoms. The minimum Gasteiger partial charge on any atom is -0.384 e. The number of nitrogens with zero attached hydrogens (tertiary/aromatic N) is 1. The quantitative estimate of drug-likeness (QED) is 0.760. The summed E-state index contributed by atoms with van der Waals surface area (Å²) in [6.45, 7) is 4.51. The largest absolute Gasteiger partial charge is 0.384 e. The van der Waals surface area contributed by atoms with Gasteiger partial charge >= 0.3 is 0 Å². The fraction of sp³-hybridized carbons (Fsp3) is 0.350. The Balaban J connectivity index is 2.19. The number of nitrogens with one attached hydrogen (secondary N) is 1. The Bertz CT molecular complexity index is 946. The summed E-state index contributed by atoms with van der Waals surface area (Å²) in [4.78, 5) is 0. The van der Waals surface area contributed by atoms with Gasteiger partial charge in [-0.25, -0.2) is 17.5 Å². The SMILES string of the molecule is CC(C)S(=O)(=O)NCC(C)(O)c1ccc(-c2ccc(CC#N)c(F)c2)cc1. The highest BCUT2D eigenvalue weighted by molar-refractivity contribution is 7.90. The molecular weight excluding hydrogens is 367 g/mol. The molecule has 0 saturated heterocycles. The molecule has 0 bridgehead atoms. The van der Waals surface area contributed by atoms with Gasteiger partial charge in [0.25, 0.3) is 0 Å². The Morgan fingerprint density at radius 1 is 1.19 bits per heavy atom. The predicted octanol–water partition coefficient (Wildman–Crippen LogP) is 3.09. The van der Waals surface area contributed by atoms with Gasteiger partial charge in [-0.15, -0.1) is 0 Å². The number of aliphatic hydroxyl groups is 1. The van der Waals surface area contributed by atoms with E-state index in [-0.39, 0.29) is 13.0 Å². The molecule has 0 heterocycles. The number of nitriles is 1. The van der Waals surface area contributed by atoms with Gasteiger partial charge in [-0.3, -0.25) is 0 Å². The van der Waals surface area contributed by atoms with Crippen molar-refractivity contribution in [3.05, 3.63) is 59.4 Å². The molecule has 1 atom stereocenters. The average Bonchev–Trinajstić information content (AvgIpc) is 2.62. The lowest BCUT2D eigenvalue weighted by Crippen LogP contribution is -2.41. The van der Waals surface area contributed by atoms with E-state index in [4.69, 9.17) is 5.26 Å². The fourth-order valence-electron chi connectivity index (χ4n) is 2.49. The molecule has 5 nitrogen and oxygen atoms in total. The van der Waals surface area contributed by atoms with Crippen molar-refractivity contribution in [1.82, 2.24) is 4.72 Å². The first-order valence-electron chi connectivity index (χ1n) is 8.54. The fourth-order valence-corrected chi connectivity index (χ4v) is 3.30. The minimum absolute atomic E-state index is 0.0141. The molecule has 0 radical (unpaired) electrons. The summed E-state index contributed by atoms with van der Waals surface area (Å²) in [6, 6.07) is 13.4. The van der Waals surface area contributed by atoms with Gasteiger partial charge in [0.05, 0.1) is 17.7 Å². The molecule has 0 aliphatic carbocycles. The zero-order valence-corrected chi connectivity index (χ0v) is 16.3. The van der Waals surface area contributed by atoms with E-state index in [0.29, 0.717) is 16.7 Å². The summed E-state index contributed by atoms with van der Waals surface area (Å²) < 4.78 is 40.2. The molecule has 0 aliphatic heterocycles. The first kappa shape index (κ1) is 21.0. The van der Waals surface area contributed by atoms with Crippen LogP contribution in [0.15, 0.2) is 42.5 Å². The van der Waals surface area contributed by atoms with E-state index in [1.165, 1.54) is 13.0 Å². The molecule has 0 aliphatic rings. The summed E-state index contributed by atoms with van der Waals surface area (Å²) >= 11 is 0. The van der Waals surface area contributed by atoms with E-state index in [2.05, 4.69) is 4.72 Å². The summed E-state index contributed by atoms with van der Waals surface area (Å²) in [7, 11) is -3.48. The monoisotopic (exact) mass is 390 g/mol. The Hall–Kier alpha value is -2.27. The maximum atomic E-state index is 14.0. The van der Waals surface area contributed by atoms with Crippen LogP contribution in [0.4, 0.5) is 4.39 Å². The van der Waals surface area contributed by atoms with Gasteiger partial charge in [-0.2, -0.15) is 5.26 Å². The lowest BCUT2D eigenvalue weighted by Gasteiger charge is -2.25. The first-order chi connectivity index (χ1) is 12.6. The van der Waals surface area contributed by atoms with Gasteiger partial charge in [0.2, 0.25) is 10.0 Å². The molecule has 0 fully saturated rings. The molecule has 0 saturated carbocycles. The Morgan fingerprint density at radius 2 is 1.78 bits per heavy atom. The van der Waals surface area contributed by atoms with Crippen LogP contribution in [0.2, 0.25) is 0 Å². The Kier molecular flexibility index (Phi) is 6.37. The van der Waals surface area contributed by atoms with Crippen LogP contribution < -0.4 is 4.72 Å². The van der Waals surface area contributed by atoms with E-state index in [1.54, 1.807) is 50.2 Å². The van der Waals surface area contributed by atoms with Crippen molar-refractivity contribution >= 4 is 10.0 Å². The maximum absolute atomic E-state index is 14.0. The van der Waals surface area contributed by atoms with E-state index >= 15 is 0 Å². The van der Waals surface area contributed by atoms with Crippen LogP contribution in [0.1, 0.15) is 31.9 Å². The van der Waals surface area contributed by atoms with Crippen LogP contribution >= 0.6 is 0 Å². The third-order valence-corrected chi connectivity index (χ3v) is 6.19. The van der Waals surface area contributed by atoms with E-state index in [1.807, 2.05) is 6.07 Å². The van der Waals surface area contributed by atoms with Gasteiger partial charge in [0.15, 0.2) is 0 Å². The molecule has 7 heteroatoms. The van der Waals surface area contributed by atoms with Crippen LogP contribution in [0.5, 0.6) is 0 Å². The van der Waals surface area contributed by atoms with Crippen molar-refractivity contribution in [3.8, 4) is 17.2 Å². The number of halogens is 1. The normalized spacial score (nSPS) is 14.0. The van der Waals surface area contributed by atoms with Gasteiger partial charge in [-0.1, -0.05) is 36.4 Å². The van der Waals surface area contributed by atoms with Crippen molar-refractivity contribution in [2.24, 2.45) is 0 Å². The molecule has 2 aromatic rings. The van der Waals surface area contributed by atoms with E-state index in [0.717, 1.165) is 5.56 Å². The van der Waals surface area contributed by atoms with Crippen LogP contribution in [0.3, 0.4) is 0 Å². The molecule has 2 rings (SSSR count). The number of benzene rings is 2. The average molecular weight is 390 g/mol. The molecule has 2 aromatic carbocycles. The summed E-state index contributed by atoms with van der Waals surface area (Å²) in [6.07, 6.45) is 0.0141.